The van der Waals surface area contributed by atoms with Crippen molar-refractivity contribution in [3.63, 3.8) is 0 Å². The summed E-state index contributed by atoms with van der Waals surface area (Å²) in [6.07, 6.45) is 0. The van der Waals surface area contributed by atoms with Crippen molar-refractivity contribution in [2.45, 2.75) is 0 Å². The van der Waals surface area contributed by atoms with Gasteiger partial charge in [-0.2, -0.15) is 0 Å². The van der Waals surface area contributed by atoms with Gasteiger partial charge in [-0.25, -0.2) is 8.78 Å². The Hall–Kier alpha value is -2.36. The van der Waals surface area contributed by atoms with Gasteiger partial charge in [-0.05, 0) is 48.7 Å². The molecule has 29 heavy (non-hydrogen) atoms. The number of nitrogens with zero attached hydrogens (tertiary/aromatic N) is 2. The lowest BCUT2D eigenvalue weighted by molar-refractivity contribution is 0.186. The Morgan fingerprint density at radius 1 is 0.828 bits per heavy atom. The number of hydrogen-bond donors (Lipinski definition) is 3. The zero-order chi connectivity index (χ0) is 20.6. The molecule has 1 heterocycles. The molecule has 0 spiro atoms. The molecule has 9 heteroatoms. The molecule has 0 atom stereocenters. The van der Waals surface area contributed by atoms with Crippen molar-refractivity contribution in [1.82, 2.24) is 15.1 Å². The first-order valence-corrected chi connectivity index (χ1v) is 10.2. The van der Waals surface area contributed by atoms with Crippen molar-refractivity contribution in [2.75, 3.05) is 49.9 Å². The van der Waals surface area contributed by atoms with Gasteiger partial charge >= 0.3 is 0 Å². The van der Waals surface area contributed by atoms with Crippen molar-refractivity contribution in [3.8, 4) is 0 Å². The highest BCUT2D eigenvalue weighted by molar-refractivity contribution is 7.80. The molecule has 3 rings (SSSR count). The zero-order valence-corrected chi connectivity index (χ0v) is 17.5. The van der Waals surface area contributed by atoms with Crippen molar-refractivity contribution < 1.29 is 8.78 Å². The van der Waals surface area contributed by atoms with Gasteiger partial charge in [0.2, 0.25) is 0 Å². The molecule has 0 aliphatic carbocycles. The molecule has 0 radical (unpaired) electrons. The van der Waals surface area contributed by atoms with E-state index < -0.39 is 0 Å². The summed E-state index contributed by atoms with van der Waals surface area (Å²) in [4.78, 5) is 4.33. The van der Waals surface area contributed by atoms with Crippen LogP contribution < -0.4 is 16.0 Å². The molecule has 154 valence electrons. The minimum Gasteiger partial charge on any atom is -0.361 e. The highest BCUT2D eigenvalue weighted by Crippen LogP contribution is 2.14. The molecule has 3 N–H and O–H groups in total. The molecule has 1 aliphatic heterocycles. The Bertz CT molecular complexity index is 854. The molecule has 2 aromatic rings. The molecule has 5 nitrogen and oxygen atoms in total. The number of hydrogen-bond acceptors (Lipinski definition) is 3. The summed E-state index contributed by atoms with van der Waals surface area (Å²) >= 11 is 10.6. The Morgan fingerprint density at radius 3 is 1.97 bits per heavy atom. The van der Waals surface area contributed by atoms with Gasteiger partial charge in [-0.15, -0.1) is 0 Å². The van der Waals surface area contributed by atoms with Gasteiger partial charge in [0.05, 0.1) is 11.4 Å². The first kappa shape index (κ1) is 21.4. The highest BCUT2D eigenvalue weighted by atomic mass is 32.1. The summed E-state index contributed by atoms with van der Waals surface area (Å²) in [6, 6.07) is 12.9. The van der Waals surface area contributed by atoms with E-state index in [-0.39, 0.29) is 11.6 Å². The van der Waals surface area contributed by atoms with Gasteiger partial charge in [0.1, 0.15) is 11.6 Å². The number of halogens is 2. The molecule has 0 bridgehead atoms. The lowest BCUT2D eigenvalue weighted by atomic mass is 10.3. The normalized spacial score (nSPS) is 14.3. The fourth-order valence-electron chi connectivity index (χ4n) is 2.99. The lowest BCUT2D eigenvalue weighted by Crippen LogP contribution is -2.51. The van der Waals surface area contributed by atoms with E-state index in [1.807, 2.05) is 4.90 Å². The second-order valence-electron chi connectivity index (χ2n) is 6.60. The Balaban J connectivity index is 1.35. The van der Waals surface area contributed by atoms with E-state index in [4.69, 9.17) is 24.4 Å². The molecule has 1 fully saturated rings. The monoisotopic (exact) mass is 435 g/mol. The third-order valence-corrected chi connectivity index (χ3v) is 5.22. The Labute approximate surface area is 180 Å². The van der Waals surface area contributed by atoms with Crippen LogP contribution in [-0.2, 0) is 0 Å². The summed E-state index contributed by atoms with van der Waals surface area (Å²) in [5.74, 6) is -0.660. The topological polar surface area (TPSA) is 42.6 Å². The van der Waals surface area contributed by atoms with E-state index in [1.54, 1.807) is 36.4 Å². The number of thiocarbonyl (C=S) groups is 2. The summed E-state index contributed by atoms with van der Waals surface area (Å²) in [7, 11) is 0. The fraction of sp³-hybridized carbons (Fsp3) is 0.300. The molecule has 2 aromatic carbocycles. The third-order valence-electron chi connectivity index (χ3n) is 4.61. The van der Waals surface area contributed by atoms with Crippen LogP contribution >= 0.6 is 24.4 Å². The smallest absolute Gasteiger partial charge is 0.173 e. The number of rotatable bonds is 5. The standard InChI is InChI=1S/C20H23F2N5S2/c21-15-5-1-3-7-17(15)24-19(28)23-9-10-26-11-13-27(14-12-26)20(29)25-18-8-4-2-6-16(18)22/h1-8H,9-14H2,(H,25,29)(H2,23,24,28). The Kier molecular flexibility index (Phi) is 7.68. The van der Waals surface area contributed by atoms with Crippen LogP contribution in [0.2, 0.25) is 0 Å². The largest absolute Gasteiger partial charge is 0.361 e. The quantitative estimate of drug-likeness (QED) is 0.623. The second-order valence-corrected chi connectivity index (χ2v) is 7.39. The summed E-state index contributed by atoms with van der Waals surface area (Å²) in [5.41, 5.74) is 0.745. The molecular weight excluding hydrogens is 412 g/mol. The van der Waals surface area contributed by atoms with E-state index in [9.17, 15) is 8.78 Å². The number of benzene rings is 2. The van der Waals surface area contributed by atoms with Crippen LogP contribution in [0.15, 0.2) is 48.5 Å². The Morgan fingerprint density at radius 2 is 1.38 bits per heavy atom. The number of nitrogens with one attached hydrogen (secondary N) is 3. The number of para-hydroxylation sites is 2. The van der Waals surface area contributed by atoms with Crippen LogP contribution in [0, 0.1) is 11.6 Å². The van der Waals surface area contributed by atoms with E-state index in [0.717, 1.165) is 32.7 Å². The van der Waals surface area contributed by atoms with Crippen molar-refractivity contribution in [2.24, 2.45) is 0 Å². The predicted octanol–water partition coefficient (Wildman–Crippen LogP) is 3.27. The van der Waals surface area contributed by atoms with Gasteiger partial charge in [-0.3, -0.25) is 4.90 Å². The average molecular weight is 436 g/mol. The predicted molar refractivity (Wildman–Crippen MR) is 121 cm³/mol. The van der Waals surface area contributed by atoms with Gasteiger partial charge in [0.15, 0.2) is 10.2 Å². The minimum atomic E-state index is -0.340. The van der Waals surface area contributed by atoms with Crippen LogP contribution in [0.5, 0.6) is 0 Å². The maximum atomic E-state index is 13.8. The molecular formula is C20H23F2N5S2. The third kappa shape index (κ3) is 6.31. The molecule has 1 aliphatic rings. The second kappa shape index (κ2) is 10.4. The molecule has 0 aromatic heterocycles. The highest BCUT2D eigenvalue weighted by Gasteiger charge is 2.19. The van der Waals surface area contributed by atoms with Crippen molar-refractivity contribution in [1.29, 1.82) is 0 Å². The van der Waals surface area contributed by atoms with Crippen LogP contribution in [0.25, 0.3) is 0 Å². The lowest BCUT2D eigenvalue weighted by Gasteiger charge is -2.36. The molecule has 0 saturated carbocycles. The zero-order valence-electron chi connectivity index (χ0n) is 15.8. The molecule has 0 amide bonds. The van der Waals surface area contributed by atoms with Crippen LogP contribution in [0.1, 0.15) is 0 Å². The SMILES string of the molecule is Fc1ccccc1NC(=S)NCCN1CCN(C(=S)Nc2ccccc2F)CC1. The summed E-state index contributed by atoms with van der Waals surface area (Å²) in [6.45, 7) is 4.66. The fourth-order valence-corrected chi connectivity index (χ4v) is 3.49. The molecule has 0 unspecified atom stereocenters. The van der Waals surface area contributed by atoms with E-state index >= 15 is 0 Å². The van der Waals surface area contributed by atoms with E-state index in [0.29, 0.717) is 28.1 Å². The first-order valence-electron chi connectivity index (χ1n) is 9.35. The van der Waals surface area contributed by atoms with Crippen molar-refractivity contribution in [3.05, 3.63) is 60.2 Å². The van der Waals surface area contributed by atoms with E-state index in [2.05, 4.69) is 20.9 Å². The van der Waals surface area contributed by atoms with E-state index in [1.165, 1.54) is 12.1 Å². The van der Waals surface area contributed by atoms with Gasteiger partial charge in [0, 0.05) is 39.3 Å². The van der Waals surface area contributed by atoms with Gasteiger partial charge < -0.3 is 20.9 Å². The number of anilines is 2. The van der Waals surface area contributed by atoms with Gasteiger partial charge in [0.25, 0.3) is 0 Å². The average Bonchev–Trinajstić information content (AvgIpc) is 2.72. The summed E-state index contributed by atoms with van der Waals surface area (Å²) in [5, 5.41) is 9.86. The van der Waals surface area contributed by atoms with Crippen LogP contribution in [0.3, 0.4) is 0 Å². The van der Waals surface area contributed by atoms with Crippen molar-refractivity contribution >= 4 is 46.0 Å². The maximum absolute atomic E-state index is 13.8. The maximum Gasteiger partial charge on any atom is 0.173 e. The van der Waals surface area contributed by atoms with Gasteiger partial charge in [-0.1, -0.05) is 24.3 Å². The number of piperazine rings is 1. The van der Waals surface area contributed by atoms with Crippen LogP contribution in [-0.4, -0.2) is 59.3 Å². The first-order chi connectivity index (χ1) is 14.0. The summed E-state index contributed by atoms with van der Waals surface area (Å²) < 4.78 is 27.4. The molecule has 1 saturated heterocycles. The minimum absolute atomic E-state index is 0.320. The van der Waals surface area contributed by atoms with Crippen LogP contribution in [0.4, 0.5) is 20.2 Å².